The van der Waals surface area contributed by atoms with Gasteiger partial charge in [0.1, 0.15) is 11.6 Å². The number of aryl methyl sites for hydroxylation is 1. The van der Waals surface area contributed by atoms with E-state index in [-0.39, 0.29) is 5.91 Å². The summed E-state index contributed by atoms with van der Waals surface area (Å²) in [7, 11) is 1.71. The Bertz CT molecular complexity index is 981. The smallest absolute Gasteiger partial charge is 0.239 e. The molecule has 0 unspecified atom stereocenters. The molecule has 1 fully saturated rings. The van der Waals surface area contributed by atoms with Crippen molar-refractivity contribution in [2.45, 2.75) is 31.2 Å². The first-order valence-corrected chi connectivity index (χ1v) is 11.3. The largest absolute Gasteiger partial charge is 0.495 e. The molecule has 5 rings (SSSR count). The van der Waals surface area contributed by atoms with Gasteiger partial charge in [-0.15, -0.1) is 0 Å². The molecule has 1 N–H and O–H groups in total. The van der Waals surface area contributed by atoms with Gasteiger partial charge in [0.05, 0.1) is 25.4 Å². The Morgan fingerprint density at radius 3 is 2.71 bits per heavy atom. The second kappa shape index (κ2) is 8.71. The van der Waals surface area contributed by atoms with Crippen molar-refractivity contribution >= 4 is 17.4 Å². The summed E-state index contributed by atoms with van der Waals surface area (Å²) in [6.07, 6.45) is 3.00. The highest BCUT2D eigenvalue weighted by atomic mass is 16.5. The van der Waals surface area contributed by atoms with Gasteiger partial charge in [-0.2, -0.15) is 0 Å². The topological polar surface area (TPSA) is 57.2 Å². The molecule has 2 atom stereocenters. The maximum absolute atomic E-state index is 12.7. The molecule has 31 heavy (non-hydrogen) atoms. The second-order valence-electron chi connectivity index (χ2n) is 8.67. The lowest BCUT2D eigenvalue weighted by molar-refractivity contribution is -0.120. The number of nitrogens with zero attached hydrogens (tertiary/aromatic N) is 3. The molecule has 2 heterocycles. The van der Waals surface area contributed by atoms with Crippen molar-refractivity contribution in [3.05, 3.63) is 59.7 Å². The van der Waals surface area contributed by atoms with E-state index < -0.39 is 0 Å². The molecule has 0 aromatic heterocycles. The number of benzene rings is 2. The van der Waals surface area contributed by atoms with Crippen LogP contribution in [0.2, 0.25) is 0 Å². The average Bonchev–Trinajstić information content (AvgIpc) is 3.22. The van der Waals surface area contributed by atoms with Crippen LogP contribution in [-0.2, 0) is 11.2 Å². The molecular weight excluding hydrogens is 388 g/mol. The summed E-state index contributed by atoms with van der Waals surface area (Å²) in [6, 6.07) is 17.1. The number of carbonyl (C=O) groups is 1. The van der Waals surface area contributed by atoms with Crippen LogP contribution in [0, 0.1) is 0 Å². The predicted octanol–water partition coefficient (Wildman–Crippen LogP) is 2.83. The normalized spacial score (nSPS) is 23.0. The molecule has 1 amide bonds. The van der Waals surface area contributed by atoms with E-state index in [1.54, 1.807) is 7.11 Å². The quantitative estimate of drug-likeness (QED) is 0.830. The molecule has 3 aliphatic rings. The van der Waals surface area contributed by atoms with Gasteiger partial charge in [0.2, 0.25) is 5.91 Å². The third-order valence-corrected chi connectivity index (χ3v) is 6.81. The first-order chi connectivity index (χ1) is 15.2. The number of hydrogen-bond donors (Lipinski definition) is 1. The van der Waals surface area contributed by atoms with Crippen molar-refractivity contribution in [3.8, 4) is 5.75 Å². The molecule has 0 bridgehead atoms. The highest BCUT2D eigenvalue weighted by Crippen LogP contribution is 2.39. The molecule has 0 saturated carbocycles. The lowest BCUT2D eigenvalue weighted by Crippen LogP contribution is -2.50. The third-order valence-electron chi connectivity index (χ3n) is 6.81. The number of para-hydroxylation sites is 2. The number of piperazine rings is 1. The summed E-state index contributed by atoms with van der Waals surface area (Å²) >= 11 is 0. The Hall–Kier alpha value is -2.86. The number of ether oxygens (including phenoxy) is 1. The van der Waals surface area contributed by atoms with E-state index in [1.807, 2.05) is 18.2 Å². The lowest BCUT2D eigenvalue weighted by atomic mass is 9.79. The maximum Gasteiger partial charge on any atom is 0.239 e. The van der Waals surface area contributed by atoms with Crippen molar-refractivity contribution in [1.29, 1.82) is 0 Å². The number of aliphatic imine (C=N–C) groups is 1. The second-order valence-corrected chi connectivity index (χ2v) is 8.67. The van der Waals surface area contributed by atoms with E-state index in [1.165, 1.54) is 11.1 Å². The van der Waals surface area contributed by atoms with Gasteiger partial charge in [0.25, 0.3) is 0 Å². The Morgan fingerprint density at radius 2 is 1.87 bits per heavy atom. The molecule has 162 valence electrons. The minimum atomic E-state index is 0.0522. The van der Waals surface area contributed by atoms with Crippen LogP contribution in [0.1, 0.15) is 29.9 Å². The zero-order chi connectivity index (χ0) is 21.2. The van der Waals surface area contributed by atoms with Gasteiger partial charge in [0.15, 0.2) is 0 Å². The summed E-state index contributed by atoms with van der Waals surface area (Å²) < 4.78 is 5.49. The van der Waals surface area contributed by atoms with Crippen molar-refractivity contribution in [2.75, 3.05) is 44.7 Å². The number of methoxy groups -OCH3 is 1. The molecular formula is C25H30N4O2. The monoisotopic (exact) mass is 418 g/mol. The summed E-state index contributed by atoms with van der Waals surface area (Å²) in [4.78, 5) is 22.1. The van der Waals surface area contributed by atoms with Crippen molar-refractivity contribution < 1.29 is 9.53 Å². The van der Waals surface area contributed by atoms with Gasteiger partial charge < -0.3 is 15.0 Å². The van der Waals surface area contributed by atoms with Crippen LogP contribution in [-0.4, -0.2) is 62.5 Å². The van der Waals surface area contributed by atoms with Crippen LogP contribution in [0.5, 0.6) is 5.75 Å². The van der Waals surface area contributed by atoms with E-state index >= 15 is 0 Å². The highest BCUT2D eigenvalue weighted by Gasteiger charge is 2.35. The van der Waals surface area contributed by atoms with Gasteiger partial charge in [-0.3, -0.25) is 14.7 Å². The Kier molecular flexibility index (Phi) is 5.64. The number of carbonyl (C=O) groups excluding carboxylic acids is 1. The fourth-order valence-corrected chi connectivity index (χ4v) is 5.22. The SMILES string of the molecule is COc1ccccc1N1CCN(CC(=O)NC2=N[C@@H]3CCc4ccccc4[C@@H]3C2)CC1. The zero-order valence-corrected chi connectivity index (χ0v) is 18.1. The van der Waals surface area contributed by atoms with Crippen LogP contribution in [0.4, 0.5) is 5.69 Å². The zero-order valence-electron chi connectivity index (χ0n) is 18.1. The van der Waals surface area contributed by atoms with Gasteiger partial charge >= 0.3 is 0 Å². The fourth-order valence-electron chi connectivity index (χ4n) is 5.22. The van der Waals surface area contributed by atoms with Crippen LogP contribution in [0.25, 0.3) is 0 Å². The Balaban J connectivity index is 1.13. The Labute approximate surface area is 183 Å². The molecule has 6 nitrogen and oxygen atoms in total. The predicted molar refractivity (Wildman–Crippen MR) is 123 cm³/mol. The summed E-state index contributed by atoms with van der Waals surface area (Å²) in [5.74, 6) is 2.24. The maximum atomic E-state index is 12.7. The van der Waals surface area contributed by atoms with Crippen molar-refractivity contribution in [2.24, 2.45) is 4.99 Å². The molecule has 2 aromatic rings. The van der Waals surface area contributed by atoms with E-state index in [9.17, 15) is 4.79 Å². The molecule has 1 aliphatic carbocycles. The lowest BCUT2D eigenvalue weighted by Gasteiger charge is -2.36. The number of nitrogens with one attached hydrogen (secondary N) is 1. The first-order valence-electron chi connectivity index (χ1n) is 11.3. The molecule has 2 aliphatic heterocycles. The van der Waals surface area contributed by atoms with Gasteiger partial charge in [0, 0.05) is 38.5 Å². The van der Waals surface area contributed by atoms with Crippen LogP contribution in [0.3, 0.4) is 0 Å². The Morgan fingerprint density at radius 1 is 1.10 bits per heavy atom. The minimum Gasteiger partial charge on any atom is -0.495 e. The van der Waals surface area contributed by atoms with E-state index in [2.05, 4.69) is 45.4 Å². The minimum absolute atomic E-state index is 0.0522. The third kappa shape index (κ3) is 4.17. The number of hydrogen-bond acceptors (Lipinski definition) is 5. The summed E-state index contributed by atoms with van der Waals surface area (Å²) in [5, 5.41) is 3.11. The standard InChI is InChI=1S/C25H30N4O2/c1-31-23-9-5-4-8-22(23)29-14-12-28(13-15-29)17-25(30)27-24-16-20-19-7-3-2-6-18(19)10-11-21(20)26-24/h2-9,20-21H,10-17H2,1H3,(H,26,27,30)/t20-,21+/m0/s1. The van der Waals surface area contributed by atoms with E-state index in [0.29, 0.717) is 18.5 Å². The van der Waals surface area contributed by atoms with Crippen LogP contribution < -0.4 is 15.0 Å². The molecule has 0 radical (unpaired) electrons. The molecule has 1 saturated heterocycles. The number of amides is 1. The summed E-state index contributed by atoms with van der Waals surface area (Å²) in [6.45, 7) is 3.91. The first kappa shape index (κ1) is 20.1. The van der Waals surface area contributed by atoms with Gasteiger partial charge in [-0.1, -0.05) is 36.4 Å². The number of fused-ring (bicyclic) bond motifs is 3. The van der Waals surface area contributed by atoms with E-state index in [4.69, 9.17) is 9.73 Å². The van der Waals surface area contributed by atoms with Crippen molar-refractivity contribution in [1.82, 2.24) is 10.2 Å². The van der Waals surface area contributed by atoms with E-state index in [0.717, 1.165) is 62.7 Å². The number of anilines is 1. The number of rotatable bonds is 4. The van der Waals surface area contributed by atoms with Crippen LogP contribution >= 0.6 is 0 Å². The van der Waals surface area contributed by atoms with Crippen LogP contribution in [0.15, 0.2) is 53.5 Å². The summed E-state index contributed by atoms with van der Waals surface area (Å²) in [5.41, 5.74) is 3.98. The van der Waals surface area contributed by atoms with Crippen molar-refractivity contribution in [3.63, 3.8) is 0 Å². The number of amidine groups is 1. The average molecular weight is 419 g/mol. The van der Waals surface area contributed by atoms with Gasteiger partial charge in [-0.05, 0) is 36.1 Å². The molecule has 2 aromatic carbocycles. The van der Waals surface area contributed by atoms with Gasteiger partial charge in [-0.25, -0.2) is 0 Å². The molecule has 6 heteroatoms. The fraction of sp³-hybridized carbons (Fsp3) is 0.440. The molecule has 0 spiro atoms. The highest BCUT2D eigenvalue weighted by molar-refractivity contribution is 6.00.